The Bertz CT molecular complexity index is 781. The molecule has 0 aromatic heterocycles. The van der Waals surface area contributed by atoms with Crippen molar-refractivity contribution < 1.29 is 18.8 Å². The highest BCUT2D eigenvalue weighted by Crippen LogP contribution is 2.14. The minimum absolute atomic E-state index is 0.0418. The molecule has 0 saturated heterocycles. The Morgan fingerprint density at radius 2 is 1.60 bits per heavy atom. The zero-order valence-corrected chi connectivity index (χ0v) is 13.8. The molecule has 2 aromatic carbocycles. The number of rotatable bonds is 5. The van der Waals surface area contributed by atoms with Gasteiger partial charge in [-0.3, -0.25) is 25.2 Å². The van der Waals surface area contributed by atoms with Gasteiger partial charge in [0.15, 0.2) is 0 Å². The number of hydrazine groups is 1. The van der Waals surface area contributed by atoms with E-state index in [1.807, 2.05) is 0 Å². The van der Waals surface area contributed by atoms with Crippen LogP contribution in [0, 0.1) is 5.82 Å². The van der Waals surface area contributed by atoms with Gasteiger partial charge in [-0.2, -0.15) is 0 Å². The van der Waals surface area contributed by atoms with Gasteiger partial charge in [-0.15, -0.1) is 0 Å². The Morgan fingerprint density at radius 1 is 0.920 bits per heavy atom. The van der Waals surface area contributed by atoms with Crippen LogP contribution in [0.5, 0.6) is 0 Å². The van der Waals surface area contributed by atoms with Gasteiger partial charge >= 0.3 is 0 Å². The van der Waals surface area contributed by atoms with Crippen molar-refractivity contribution in [2.24, 2.45) is 0 Å². The average molecular weight is 364 g/mol. The first kappa shape index (κ1) is 18.4. The van der Waals surface area contributed by atoms with E-state index in [0.29, 0.717) is 10.6 Å². The van der Waals surface area contributed by atoms with E-state index in [2.05, 4.69) is 16.2 Å². The van der Waals surface area contributed by atoms with Gasteiger partial charge in [0, 0.05) is 18.5 Å². The summed E-state index contributed by atoms with van der Waals surface area (Å²) >= 11 is 5.90. The van der Waals surface area contributed by atoms with E-state index in [1.54, 1.807) is 24.3 Å². The van der Waals surface area contributed by atoms with E-state index in [4.69, 9.17) is 11.6 Å². The van der Waals surface area contributed by atoms with Crippen LogP contribution in [-0.2, 0) is 4.79 Å². The number of halogens is 2. The Hall–Kier alpha value is -2.93. The summed E-state index contributed by atoms with van der Waals surface area (Å²) < 4.78 is 12.8. The number of hydrogen-bond acceptors (Lipinski definition) is 3. The van der Waals surface area contributed by atoms with Gasteiger partial charge in [0.05, 0.1) is 10.6 Å². The maximum Gasteiger partial charge on any atom is 0.269 e. The normalized spacial score (nSPS) is 10.0. The summed E-state index contributed by atoms with van der Waals surface area (Å²) in [4.78, 5) is 35.3. The fourth-order valence-electron chi connectivity index (χ4n) is 1.89. The second-order valence-corrected chi connectivity index (χ2v) is 5.40. The Balaban J connectivity index is 1.72. The molecule has 6 nitrogen and oxygen atoms in total. The van der Waals surface area contributed by atoms with Crippen LogP contribution >= 0.6 is 11.6 Å². The largest absolute Gasteiger partial charge is 0.351 e. The van der Waals surface area contributed by atoms with Gasteiger partial charge in [-0.05, 0) is 36.4 Å². The monoisotopic (exact) mass is 363 g/mol. The van der Waals surface area contributed by atoms with Gasteiger partial charge in [0.25, 0.3) is 11.8 Å². The lowest BCUT2D eigenvalue weighted by molar-refractivity contribution is -0.121. The van der Waals surface area contributed by atoms with Gasteiger partial charge in [-0.1, -0.05) is 23.7 Å². The molecule has 3 N–H and O–H groups in total. The lowest BCUT2D eigenvalue weighted by Gasteiger charge is -2.09. The molecule has 0 atom stereocenters. The van der Waals surface area contributed by atoms with Crippen molar-refractivity contribution in [3.63, 3.8) is 0 Å². The fourth-order valence-corrected chi connectivity index (χ4v) is 2.11. The SMILES string of the molecule is O=C(CCNC(=O)c1ccccc1Cl)NNC(=O)c1ccc(F)cc1. The Morgan fingerprint density at radius 3 is 2.28 bits per heavy atom. The number of nitrogens with one attached hydrogen (secondary N) is 3. The van der Waals surface area contributed by atoms with Gasteiger partial charge in [-0.25, -0.2) is 4.39 Å². The predicted molar refractivity (Wildman–Crippen MR) is 90.4 cm³/mol. The Kier molecular flexibility index (Phi) is 6.47. The summed E-state index contributed by atoms with van der Waals surface area (Å²) in [6, 6.07) is 11.4. The summed E-state index contributed by atoms with van der Waals surface area (Å²) in [5.74, 6) is -1.92. The molecule has 2 aromatic rings. The molecule has 0 unspecified atom stereocenters. The van der Waals surface area contributed by atoms with E-state index >= 15 is 0 Å². The van der Waals surface area contributed by atoms with E-state index in [-0.39, 0.29) is 18.5 Å². The van der Waals surface area contributed by atoms with Gasteiger partial charge in [0.1, 0.15) is 5.82 Å². The van der Waals surface area contributed by atoms with E-state index in [0.717, 1.165) is 12.1 Å². The quantitative estimate of drug-likeness (QED) is 0.711. The first-order valence-corrected chi connectivity index (χ1v) is 7.72. The molecule has 0 radical (unpaired) electrons. The standard InChI is InChI=1S/C17H15ClFN3O3/c18-14-4-2-1-3-13(14)17(25)20-10-9-15(23)21-22-16(24)11-5-7-12(19)8-6-11/h1-8H,9-10H2,(H,20,25)(H,21,23)(H,22,24). The first-order chi connectivity index (χ1) is 12.0. The minimum Gasteiger partial charge on any atom is -0.351 e. The van der Waals surface area contributed by atoms with Gasteiger partial charge < -0.3 is 5.32 Å². The average Bonchev–Trinajstić information content (AvgIpc) is 2.60. The van der Waals surface area contributed by atoms with Crippen molar-refractivity contribution in [2.75, 3.05) is 6.54 Å². The van der Waals surface area contributed by atoms with Crippen molar-refractivity contribution >= 4 is 29.3 Å². The van der Waals surface area contributed by atoms with Crippen molar-refractivity contribution in [1.82, 2.24) is 16.2 Å². The van der Waals surface area contributed by atoms with E-state index in [1.165, 1.54) is 12.1 Å². The molecule has 25 heavy (non-hydrogen) atoms. The minimum atomic E-state index is -0.576. The molecule has 0 spiro atoms. The molecule has 0 fully saturated rings. The van der Waals surface area contributed by atoms with Crippen LogP contribution in [0.3, 0.4) is 0 Å². The van der Waals surface area contributed by atoms with Gasteiger partial charge in [0.2, 0.25) is 5.91 Å². The summed E-state index contributed by atoms with van der Waals surface area (Å²) in [5, 5.41) is 2.87. The predicted octanol–water partition coefficient (Wildman–Crippen LogP) is 2.06. The second-order valence-electron chi connectivity index (χ2n) is 4.99. The van der Waals surface area contributed by atoms with Crippen LogP contribution in [0.1, 0.15) is 27.1 Å². The number of hydrogen-bond donors (Lipinski definition) is 3. The highest BCUT2D eigenvalue weighted by molar-refractivity contribution is 6.33. The summed E-state index contributed by atoms with van der Waals surface area (Å²) in [5.41, 5.74) is 4.93. The highest BCUT2D eigenvalue weighted by atomic mass is 35.5. The third-order valence-electron chi connectivity index (χ3n) is 3.18. The van der Waals surface area contributed by atoms with Crippen LogP contribution in [0.25, 0.3) is 0 Å². The molecule has 0 heterocycles. The molecule has 3 amide bonds. The van der Waals surface area contributed by atoms with E-state index < -0.39 is 23.5 Å². The number of amides is 3. The topological polar surface area (TPSA) is 87.3 Å². The van der Waals surface area contributed by atoms with Crippen molar-refractivity contribution in [1.29, 1.82) is 0 Å². The highest BCUT2D eigenvalue weighted by Gasteiger charge is 2.10. The van der Waals surface area contributed by atoms with Crippen LogP contribution in [0.15, 0.2) is 48.5 Å². The van der Waals surface area contributed by atoms with Crippen LogP contribution in [-0.4, -0.2) is 24.3 Å². The molecule has 130 valence electrons. The second kappa shape index (κ2) is 8.79. The summed E-state index contributed by atoms with van der Waals surface area (Å²) in [6.07, 6.45) is -0.0418. The molecule has 8 heteroatoms. The third kappa shape index (κ3) is 5.58. The smallest absolute Gasteiger partial charge is 0.269 e. The first-order valence-electron chi connectivity index (χ1n) is 7.35. The molecule has 2 rings (SSSR count). The van der Waals surface area contributed by atoms with Crippen LogP contribution in [0.4, 0.5) is 4.39 Å². The lowest BCUT2D eigenvalue weighted by Crippen LogP contribution is -2.42. The summed E-state index contributed by atoms with van der Waals surface area (Å²) in [6.45, 7) is 0.0717. The van der Waals surface area contributed by atoms with Crippen molar-refractivity contribution in [2.45, 2.75) is 6.42 Å². The molecule has 0 aliphatic carbocycles. The number of carbonyl (C=O) groups excluding carboxylic acids is 3. The molecule has 0 bridgehead atoms. The molecular weight excluding hydrogens is 349 g/mol. The molecular formula is C17H15ClFN3O3. The summed E-state index contributed by atoms with van der Waals surface area (Å²) in [7, 11) is 0. The lowest BCUT2D eigenvalue weighted by atomic mass is 10.2. The maximum absolute atomic E-state index is 12.8. The van der Waals surface area contributed by atoms with Crippen molar-refractivity contribution in [3.8, 4) is 0 Å². The molecule has 0 saturated carbocycles. The van der Waals surface area contributed by atoms with Crippen molar-refractivity contribution in [3.05, 3.63) is 70.5 Å². The zero-order valence-electron chi connectivity index (χ0n) is 13.0. The van der Waals surface area contributed by atoms with Crippen LogP contribution in [0.2, 0.25) is 5.02 Å². The number of carbonyl (C=O) groups is 3. The Labute approximate surface area is 148 Å². The molecule has 0 aliphatic heterocycles. The van der Waals surface area contributed by atoms with Crippen LogP contribution < -0.4 is 16.2 Å². The fraction of sp³-hybridized carbons (Fsp3) is 0.118. The number of benzene rings is 2. The molecule has 0 aliphatic rings. The maximum atomic E-state index is 12.8. The van der Waals surface area contributed by atoms with E-state index in [9.17, 15) is 18.8 Å². The zero-order chi connectivity index (χ0) is 18.2. The third-order valence-corrected chi connectivity index (χ3v) is 3.51.